The molecule has 0 heterocycles. The number of hydrogen-bond acceptors (Lipinski definition) is 2. The highest BCUT2D eigenvalue weighted by molar-refractivity contribution is 6.33. The van der Waals surface area contributed by atoms with Crippen LogP contribution in [0.25, 0.3) is 0 Å². The number of hydrogen-bond donors (Lipinski definition) is 2. The summed E-state index contributed by atoms with van der Waals surface area (Å²) in [7, 11) is 0. The standard InChI is InChI=1S/C13H16Cl2N2/c14-10-1-2-12(15)11(6-10)13(17-16)9-4-7-3-8(7)5-9/h1-2,6-9,13,17H,3-5,16H2. The van der Waals surface area contributed by atoms with Crippen LogP contribution in [0.2, 0.25) is 10.0 Å². The summed E-state index contributed by atoms with van der Waals surface area (Å²) in [6.07, 6.45) is 3.95. The zero-order valence-electron chi connectivity index (χ0n) is 9.50. The van der Waals surface area contributed by atoms with Crippen LogP contribution in [0.5, 0.6) is 0 Å². The van der Waals surface area contributed by atoms with Crippen LogP contribution in [0.4, 0.5) is 0 Å². The molecule has 2 aliphatic rings. The van der Waals surface area contributed by atoms with Gasteiger partial charge in [-0.05, 0) is 60.8 Å². The summed E-state index contributed by atoms with van der Waals surface area (Å²) in [5, 5.41) is 1.46. The van der Waals surface area contributed by atoms with Gasteiger partial charge in [-0.25, -0.2) is 0 Å². The van der Waals surface area contributed by atoms with E-state index in [-0.39, 0.29) is 6.04 Å². The first-order valence-corrected chi connectivity index (χ1v) is 6.85. The van der Waals surface area contributed by atoms with Crippen molar-refractivity contribution in [1.82, 2.24) is 5.43 Å². The summed E-state index contributed by atoms with van der Waals surface area (Å²) in [4.78, 5) is 0. The third-order valence-electron chi connectivity index (χ3n) is 4.22. The Bertz CT molecular complexity index is 425. The summed E-state index contributed by atoms with van der Waals surface area (Å²) in [5.41, 5.74) is 3.96. The van der Waals surface area contributed by atoms with Gasteiger partial charge in [-0.2, -0.15) is 0 Å². The van der Waals surface area contributed by atoms with E-state index in [2.05, 4.69) is 5.43 Å². The Balaban J connectivity index is 1.86. The fourth-order valence-corrected chi connectivity index (χ4v) is 3.68. The van der Waals surface area contributed by atoms with Crippen molar-refractivity contribution in [3.8, 4) is 0 Å². The average molecular weight is 271 g/mol. The third-order valence-corrected chi connectivity index (χ3v) is 4.80. The second-order valence-electron chi connectivity index (χ2n) is 5.30. The van der Waals surface area contributed by atoms with Crippen molar-refractivity contribution in [3.63, 3.8) is 0 Å². The van der Waals surface area contributed by atoms with Gasteiger partial charge < -0.3 is 0 Å². The van der Waals surface area contributed by atoms with Crippen LogP contribution in [0.15, 0.2) is 18.2 Å². The molecule has 0 aliphatic heterocycles. The Hall–Kier alpha value is -0.280. The van der Waals surface area contributed by atoms with E-state index in [1.807, 2.05) is 18.2 Å². The minimum Gasteiger partial charge on any atom is -0.271 e. The first kappa shape index (κ1) is 11.8. The zero-order valence-corrected chi connectivity index (χ0v) is 11.0. The Morgan fingerprint density at radius 1 is 1.18 bits per heavy atom. The lowest BCUT2D eigenvalue weighted by molar-refractivity contribution is 0.346. The highest BCUT2D eigenvalue weighted by Crippen LogP contribution is 2.57. The maximum Gasteiger partial charge on any atom is 0.0503 e. The molecule has 0 aromatic heterocycles. The van der Waals surface area contributed by atoms with E-state index >= 15 is 0 Å². The number of nitrogens with one attached hydrogen (secondary N) is 1. The van der Waals surface area contributed by atoms with E-state index in [1.54, 1.807) is 0 Å². The molecule has 0 saturated heterocycles. The van der Waals surface area contributed by atoms with Crippen molar-refractivity contribution in [2.75, 3.05) is 0 Å². The predicted molar refractivity (Wildman–Crippen MR) is 70.8 cm³/mol. The Morgan fingerprint density at radius 2 is 1.88 bits per heavy atom. The average Bonchev–Trinajstić information content (AvgIpc) is 2.92. The number of benzene rings is 1. The van der Waals surface area contributed by atoms with Crippen LogP contribution in [0.1, 0.15) is 30.9 Å². The van der Waals surface area contributed by atoms with Crippen LogP contribution < -0.4 is 11.3 Å². The molecule has 3 atom stereocenters. The molecule has 3 N–H and O–H groups in total. The van der Waals surface area contributed by atoms with Gasteiger partial charge >= 0.3 is 0 Å². The summed E-state index contributed by atoms with van der Waals surface area (Å²) >= 11 is 12.3. The molecule has 92 valence electrons. The molecule has 0 amide bonds. The summed E-state index contributed by atoms with van der Waals surface area (Å²) in [5.74, 6) is 8.19. The van der Waals surface area contributed by atoms with E-state index < -0.39 is 0 Å². The molecule has 0 radical (unpaired) electrons. The van der Waals surface area contributed by atoms with E-state index in [0.29, 0.717) is 10.9 Å². The molecule has 3 rings (SSSR count). The molecule has 2 saturated carbocycles. The molecular weight excluding hydrogens is 255 g/mol. The molecule has 0 spiro atoms. The lowest BCUT2D eigenvalue weighted by Crippen LogP contribution is -2.33. The molecule has 2 nitrogen and oxygen atoms in total. The van der Waals surface area contributed by atoms with Gasteiger partial charge in [0, 0.05) is 10.0 Å². The lowest BCUT2D eigenvalue weighted by Gasteiger charge is -2.25. The highest BCUT2D eigenvalue weighted by Gasteiger charge is 2.48. The van der Waals surface area contributed by atoms with E-state index in [1.165, 1.54) is 19.3 Å². The van der Waals surface area contributed by atoms with Gasteiger partial charge in [0.25, 0.3) is 0 Å². The molecule has 1 aromatic rings. The summed E-state index contributed by atoms with van der Waals surface area (Å²) < 4.78 is 0. The topological polar surface area (TPSA) is 38.0 Å². The SMILES string of the molecule is NNC(c1cc(Cl)ccc1Cl)C1CC2CC2C1. The molecule has 1 aromatic carbocycles. The van der Waals surface area contributed by atoms with Crippen LogP contribution in [-0.4, -0.2) is 0 Å². The van der Waals surface area contributed by atoms with Crippen LogP contribution in [-0.2, 0) is 0 Å². The third kappa shape index (κ3) is 2.19. The van der Waals surface area contributed by atoms with Gasteiger partial charge in [-0.3, -0.25) is 11.3 Å². The Morgan fingerprint density at radius 3 is 2.53 bits per heavy atom. The predicted octanol–water partition coefficient (Wildman–Crippen LogP) is 3.54. The largest absolute Gasteiger partial charge is 0.271 e. The number of fused-ring (bicyclic) bond motifs is 1. The smallest absolute Gasteiger partial charge is 0.0503 e. The fourth-order valence-electron chi connectivity index (χ4n) is 3.27. The zero-order chi connectivity index (χ0) is 12.0. The van der Waals surface area contributed by atoms with Gasteiger partial charge in [0.2, 0.25) is 0 Å². The first-order chi connectivity index (χ1) is 8.19. The Labute approximate surface area is 111 Å². The van der Waals surface area contributed by atoms with E-state index in [9.17, 15) is 0 Å². The second-order valence-corrected chi connectivity index (χ2v) is 6.14. The molecular formula is C13H16Cl2N2. The number of hydrazine groups is 1. The maximum absolute atomic E-state index is 6.24. The van der Waals surface area contributed by atoms with Crippen LogP contribution >= 0.6 is 23.2 Å². The second kappa shape index (κ2) is 4.43. The van der Waals surface area contributed by atoms with Crippen molar-refractivity contribution in [2.45, 2.75) is 25.3 Å². The van der Waals surface area contributed by atoms with Gasteiger partial charge in [0.1, 0.15) is 0 Å². The van der Waals surface area contributed by atoms with Gasteiger partial charge in [-0.1, -0.05) is 23.2 Å². The first-order valence-electron chi connectivity index (χ1n) is 6.10. The van der Waals surface area contributed by atoms with Gasteiger partial charge in [-0.15, -0.1) is 0 Å². The molecule has 17 heavy (non-hydrogen) atoms. The number of nitrogens with two attached hydrogens (primary N) is 1. The maximum atomic E-state index is 6.24. The van der Waals surface area contributed by atoms with Crippen molar-refractivity contribution < 1.29 is 0 Å². The molecule has 0 bridgehead atoms. The minimum atomic E-state index is 0.133. The number of rotatable bonds is 3. The van der Waals surface area contributed by atoms with Crippen LogP contribution in [0.3, 0.4) is 0 Å². The van der Waals surface area contributed by atoms with Gasteiger partial charge in [0.05, 0.1) is 6.04 Å². The molecule has 4 heteroatoms. The number of halogens is 2. The fraction of sp³-hybridized carbons (Fsp3) is 0.538. The van der Waals surface area contributed by atoms with Gasteiger partial charge in [0.15, 0.2) is 0 Å². The molecule has 2 fully saturated rings. The summed E-state index contributed by atoms with van der Waals surface area (Å²) in [6.45, 7) is 0. The minimum absolute atomic E-state index is 0.133. The van der Waals surface area contributed by atoms with Crippen molar-refractivity contribution in [1.29, 1.82) is 0 Å². The lowest BCUT2D eigenvalue weighted by atomic mass is 9.89. The van der Waals surface area contributed by atoms with Crippen molar-refractivity contribution in [3.05, 3.63) is 33.8 Å². The Kier molecular flexibility index (Phi) is 3.07. The van der Waals surface area contributed by atoms with E-state index in [0.717, 1.165) is 22.4 Å². The van der Waals surface area contributed by atoms with Crippen molar-refractivity contribution >= 4 is 23.2 Å². The normalized spacial score (nSPS) is 32.3. The highest BCUT2D eigenvalue weighted by atomic mass is 35.5. The quantitative estimate of drug-likeness (QED) is 0.651. The summed E-state index contributed by atoms with van der Waals surface area (Å²) in [6, 6.07) is 5.72. The van der Waals surface area contributed by atoms with Crippen molar-refractivity contribution in [2.24, 2.45) is 23.6 Å². The molecule has 3 unspecified atom stereocenters. The monoisotopic (exact) mass is 270 g/mol. The molecule has 2 aliphatic carbocycles. The van der Waals surface area contributed by atoms with E-state index in [4.69, 9.17) is 29.0 Å². The van der Waals surface area contributed by atoms with Crippen LogP contribution in [0, 0.1) is 17.8 Å².